The Bertz CT molecular complexity index is 992. The molecular weight excluding hydrogens is 356 g/mol. The molecule has 0 aliphatic heterocycles. The number of carbonyl (C=O) groups is 2. The van der Waals surface area contributed by atoms with Gasteiger partial charge in [0.15, 0.2) is 5.92 Å². The Morgan fingerprint density at radius 3 is 2.29 bits per heavy atom. The molecule has 0 saturated carbocycles. The normalized spacial score (nSPS) is 11.3. The fraction of sp³-hybridized carbons (Fsp3) is 0.100. The van der Waals surface area contributed by atoms with Gasteiger partial charge in [0, 0.05) is 47.4 Å². The van der Waals surface area contributed by atoms with Crippen LogP contribution in [0.5, 0.6) is 0 Å². The second kappa shape index (κ2) is 8.63. The molecule has 28 heavy (non-hydrogen) atoms. The maximum Gasteiger partial charge on any atom is 0.242 e. The van der Waals surface area contributed by atoms with Gasteiger partial charge in [0.05, 0.1) is 11.9 Å². The monoisotopic (exact) mass is 374 g/mol. The molecule has 1 atom stereocenters. The molecule has 2 amide bonds. The Hall–Kier alpha value is -3.94. The number of nitrogens with zero attached hydrogens (tertiary/aromatic N) is 3. The van der Waals surface area contributed by atoms with E-state index in [1.54, 1.807) is 48.9 Å². The number of carbonyl (C=O) groups excluding carboxylic acids is 2. The number of rotatable bonds is 6. The van der Waals surface area contributed by atoms with Crippen molar-refractivity contribution in [3.05, 3.63) is 67.4 Å². The van der Waals surface area contributed by atoms with E-state index in [-0.39, 0.29) is 5.71 Å². The van der Waals surface area contributed by atoms with Crippen LogP contribution in [0.4, 0.5) is 11.4 Å². The summed E-state index contributed by atoms with van der Waals surface area (Å²) in [7, 11) is 0. The summed E-state index contributed by atoms with van der Waals surface area (Å²) in [6, 6.07) is 10.3. The Kier molecular flexibility index (Phi) is 5.81. The van der Waals surface area contributed by atoms with Crippen LogP contribution in [0.25, 0.3) is 11.3 Å². The summed E-state index contributed by atoms with van der Waals surface area (Å²) in [6.45, 7) is 1.42. The summed E-state index contributed by atoms with van der Waals surface area (Å²) in [4.78, 5) is 37.3. The summed E-state index contributed by atoms with van der Waals surface area (Å²) < 4.78 is 0. The highest BCUT2D eigenvalue weighted by atomic mass is 16.2. The molecule has 3 rings (SSSR count). The SMILES string of the molecule is CC(=N)C(C(=O)Nc1ccncc1)C(=O)Nc1cccc(-c2cnccn2)c1. The van der Waals surface area contributed by atoms with Gasteiger partial charge >= 0.3 is 0 Å². The lowest BCUT2D eigenvalue weighted by atomic mass is 10.0. The Labute approximate surface area is 161 Å². The van der Waals surface area contributed by atoms with E-state index in [2.05, 4.69) is 25.6 Å². The topological polar surface area (TPSA) is 121 Å². The van der Waals surface area contributed by atoms with Crippen LogP contribution in [-0.4, -0.2) is 32.5 Å². The molecular formula is C20H18N6O2. The molecule has 1 aromatic carbocycles. The number of anilines is 2. The molecule has 3 N–H and O–H groups in total. The molecule has 8 heteroatoms. The van der Waals surface area contributed by atoms with Crippen molar-refractivity contribution in [2.24, 2.45) is 5.92 Å². The van der Waals surface area contributed by atoms with Gasteiger partial charge in [-0.1, -0.05) is 12.1 Å². The first-order chi connectivity index (χ1) is 13.5. The van der Waals surface area contributed by atoms with Crippen LogP contribution < -0.4 is 10.6 Å². The molecule has 1 unspecified atom stereocenters. The van der Waals surface area contributed by atoms with E-state index in [0.29, 0.717) is 17.1 Å². The highest BCUT2D eigenvalue weighted by Crippen LogP contribution is 2.20. The molecule has 0 bridgehead atoms. The molecule has 0 aliphatic carbocycles. The summed E-state index contributed by atoms with van der Waals surface area (Å²) in [5, 5.41) is 13.2. The van der Waals surface area contributed by atoms with Gasteiger partial charge in [-0.3, -0.25) is 24.5 Å². The van der Waals surface area contributed by atoms with E-state index in [1.807, 2.05) is 6.07 Å². The molecule has 2 heterocycles. The van der Waals surface area contributed by atoms with Gasteiger partial charge in [0.25, 0.3) is 0 Å². The number of amides is 2. The third kappa shape index (κ3) is 4.61. The maximum atomic E-state index is 12.7. The Balaban J connectivity index is 1.76. The van der Waals surface area contributed by atoms with E-state index in [9.17, 15) is 9.59 Å². The minimum atomic E-state index is -1.26. The highest BCUT2D eigenvalue weighted by Gasteiger charge is 2.29. The molecule has 0 fully saturated rings. The first-order valence-corrected chi connectivity index (χ1v) is 8.48. The summed E-state index contributed by atoms with van der Waals surface area (Å²) >= 11 is 0. The third-order valence-corrected chi connectivity index (χ3v) is 3.89. The molecule has 0 aliphatic rings. The van der Waals surface area contributed by atoms with Crippen LogP contribution in [0.1, 0.15) is 6.92 Å². The number of benzene rings is 1. The summed E-state index contributed by atoms with van der Waals surface area (Å²) in [5.41, 5.74) is 2.37. The van der Waals surface area contributed by atoms with Crippen LogP contribution in [0, 0.1) is 11.3 Å². The van der Waals surface area contributed by atoms with Crippen LogP contribution in [0.2, 0.25) is 0 Å². The average molecular weight is 374 g/mol. The lowest BCUT2D eigenvalue weighted by Crippen LogP contribution is -2.38. The smallest absolute Gasteiger partial charge is 0.242 e. The fourth-order valence-corrected chi connectivity index (χ4v) is 2.58. The van der Waals surface area contributed by atoms with Crippen LogP contribution in [0.3, 0.4) is 0 Å². The lowest BCUT2D eigenvalue weighted by Gasteiger charge is -2.16. The predicted molar refractivity (Wildman–Crippen MR) is 106 cm³/mol. The maximum absolute atomic E-state index is 12.7. The zero-order valence-corrected chi connectivity index (χ0v) is 15.1. The predicted octanol–water partition coefficient (Wildman–Crippen LogP) is 2.77. The number of hydrogen-bond acceptors (Lipinski definition) is 6. The fourth-order valence-electron chi connectivity index (χ4n) is 2.58. The van der Waals surface area contributed by atoms with Gasteiger partial charge in [-0.25, -0.2) is 0 Å². The molecule has 2 aromatic heterocycles. The molecule has 8 nitrogen and oxygen atoms in total. The van der Waals surface area contributed by atoms with Crippen molar-refractivity contribution in [3.8, 4) is 11.3 Å². The van der Waals surface area contributed by atoms with Gasteiger partial charge < -0.3 is 16.0 Å². The number of aromatic nitrogens is 3. The molecule has 3 aromatic rings. The zero-order chi connectivity index (χ0) is 19.9. The Morgan fingerprint density at radius 1 is 0.929 bits per heavy atom. The first kappa shape index (κ1) is 18.8. The second-order valence-corrected chi connectivity index (χ2v) is 6.00. The molecule has 140 valence electrons. The van der Waals surface area contributed by atoms with Gasteiger partial charge in [0.1, 0.15) is 0 Å². The van der Waals surface area contributed by atoms with E-state index >= 15 is 0 Å². The van der Waals surface area contributed by atoms with Crippen molar-refractivity contribution in [1.29, 1.82) is 5.41 Å². The summed E-state index contributed by atoms with van der Waals surface area (Å²) in [5.74, 6) is -2.43. The summed E-state index contributed by atoms with van der Waals surface area (Å²) in [6.07, 6.45) is 7.83. The number of hydrogen-bond donors (Lipinski definition) is 3. The van der Waals surface area contributed by atoms with Gasteiger partial charge in [-0.2, -0.15) is 0 Å². The van der Waals surface area contributed by atoms with Crippen molar-refractivity contribution < 1.29 is 9.59 Å². The second-order valence-electron chi connectivity index (χ2n) is 6.00. The van der Waals surface area contributed by atoms with Crippen molar-refractivity contribution in [1.82, 2.24) is 15.0 Å². The van der Waals surface area contributed by atoms with Crippen LogP contribution in [-0.2, 0) is 9.59 Å². The van der Waals surface area contributed by atoms with Crippen LogP contribution >= 0.6 is 0 Å². The van der Waals surface area contributed by atoms with Crippen molar-refractivity contribution in [3.63, 3.8) is 0 Å². The highest BCUT2D eigenvalue weighted by molar-refractivity contribution is 6.24. The first-order valence-electron chi connectivity index (χ1n) is 8.48. The quantitative estimate of drug-likeness (QED) is 0.452. The van der Waals surface area contributed by atoms with E-state index in [4.69, 9.17) is 5.41 Å². The third-order valence-electron chi connectivity index (χ3n) is 3.89. The minimum absolute atomic E-state index is 0.0610. The zero-order valence-electron chi connectivity index (χ0n) is 15.1. The van der Waals surface area contributed by atoms with Crippen molar-refractivity contribution in [2.45, 2.75) is 6.92 Å². The lowest BCUT2D eigenvalue weighted by molar-refractivity contribution is -0.126. The standard InChI is InChI=1S/C20H18N6O2/c1-13(21)18(19(27)25-15-5-7-22-8-6-15)20(28)26-16-4-2-3-14(11-16)17-12-23-9-10-24-17/h2-12,18,21H,1H3,(H,26,28)(H,22,25,27). The number of nitrogens with one attached hydrogen (secondary N) is 3. The van der Waals surface area contributed by atoms with Crippen LogP contribution in [0.15, 0.2) is 67.4 Å². The van der Waals surface area contributed by atoms with Gasteiger partial charge in [-0.15, -0.1) is 0 Å². The molecule has 0 spiro atoms. The molecule has 0 saturated heterocycles. The van der Waals surface area contributed by atoms with E-state index < -0.39 is 17.7 Å². The average Bonchev–Trinajstić information content (AvgIpc) is 2.69. The van der Waals surface area contributed by atoms with E-state index in [1.165, 1.54) is 19.3 Å². The van der Waals surface area contributed by atoms with Gasteiger partial charge in [0.2, 0.25) is 11.8 Å². The van der Waals surface area contributed by atoms with Crippen molar-refractivity contribution in [2.75, 3.05) is 10.6 Å². The van der Waals surface area contributed by atoms with E-state index in [0.717, 1.165) is 5.56 Å². The Morgan fingerprint density at radius 2 is 1.64 bits per heavy atom. The van der Waals surface area contributed by atoms with Gasteiger partial charge in [-0.05, 0) is 31.2 Å². The minimum Gasteiger partial charge on any atom is -0.325 e. The molecule has 0 radical (unpaired) electrons. The van der Waals surface area contributed by atoms with Crippen molar-refractivity contribution >= 4 is 28.9 Å². The number of pyridine rings is 1. The largest absolute Gasteiger partial charge is 0.325 e.